The number of carbonyl (C=O) groups is 1. The minimum Gasteiger partial charge on any atom is -0.481 e. The minimum atomic E-state index is -4.41. The Bertz CT molecular complexity index is 1030. The molecule has 0 heterocycles. The van der Waals surface area contributed by atoms with Crippen molar-refractivity contribution < 1.29 is 23.1 Å². The van der Waals surface area contributed by atoms with Gasteiger partial charge in [0.25, 0.3) is 0 Å². The molecule has 0 radical (unpaired) electrons. The van der Waals surface area contributed by atoms with Crippen LogP contribution in [-0.2, 0) is 11.0 Å². The van der Waals surface area contributed by atoms with Crippen LogP contribution in [0.5, 0.6) is 0 Å². The zero-order valence-corrected chi connectivity index (χ0v) is 18.8. The number of hydrogen-bond acceptors (Lipinski definition) is 1. The smallest absolute Gasteiger partial charge is 0.416 e. The minimum absolute atomic E-state index is 0.170. The third kappa shape index (κ3) is 6.71. The van der Waals surface area contributed by atoms with Gasteiger partial charge in [-0.05, 0) is 72.2 Å². The Hall–Kier alpha value is -3.08. The molecule has 0 aromatic heterocycles. The molecule has 0 saturated carbocycles. The predicted molar refractivity (Wildman–Crippen MR) is 124 cm³/mol. The number of hydrogen-bond donors (Lipinski definition) is 1. The molecule has 0 bridgehead atoms. The van der Waals surface area contributed by atoms with Gasteiger partial charge in [0, 0.05) is 0 Å². The van der Waals surface area contributed by atoms with Gasteiger partial charge in [0.15, 0.2) is 0 Å². The molecule has 0 aliphatic heterocycles. The molecule has 2 aromatic carbocycles. The van der Waals surface area contributed by atoms with E-state index in [0.717, 1.165) is 28.8 Å². The largest absolute Gasteiger partial charge is 0.481 e. The number of halogens is 3. The molecule has 0 saturated heterocycles. The van der Waals surface area contributed by atoms with E-state index in [1.165, 1.54) is 12.1 Å². The van der Waals surface area contributed by atoms with Gasteiger partial charge in [0.2, 0.25) is 0 Å². The van der Waals surface area contributed by atoms with E-state index in [4.69, 9.17) is 0 Å². The van der Waals surface area contributed by atoms with Crippen molar-refractivity contribution in [3.63, 3.8) is 0 Å². The van der Waals surface area contributed by atoms with E-state index < -0.39 is 23.6 Å². The number of alkyl halides is 3. The quantitative estimate of drug-likeness (QED) is 0.419. The summed E-state index contributed by atoms with van der Waals surface area (Å²) < 4.78 is 38.9. The van der Waals surface area contributed by atoms with Crippen molar-refractivity contribution in [2.24, 2.45) is 5.92 Å². The highest BCUT2D eigenvalue weighted by molar-refractivity contribution is 5.80. The zero-order valence-electron chi connectivity index (χ0n) is 18.8. The third-order valence-corrected chi connectivity index (χ3v) is 5.28. The van der Waals surface area contributed by atoms with Crippen molar-refractivity contribution in [2.45, 2.75) is 46.2 Å². The molecule has 1 atom stereocenters. The van der Waals surface area contributed by atoms with Crippen LogP contribution in [0.1, 0.15) is 56.7 Å². The van der Waals surface area contributed by atoms with Gasteiger partial charge in [0.1, 0.15) is 0 Å². The van der Waals surface area contributed by atoms with Crippen LogP contribution in [0.4, 0.5) is 13.2 Å². The standard InChI is InChI=1S/C27H29F3O2/c1-6-18(4)7-8-19(5)21-14-22(20-9-11-24(12-10-20)27(28,29)30)16-23(15-21)25(26(31)32)13-17(2)3/h6-12,14-17,25H,1,13H2,2-5H3,(H,31,32)/b18-7-,19-8+. The Morgan fingerprint density at radius 3 is 2.16 bits per heavy atom. The van der Waals surface area contributed by atoms with E-state index in [2.05, 4.69) is 6.58 Å². The van der Waals surface area contributed by atoms with Crippen molar-refractivity contribution >= 4 is 11.5 Å². The fourth-order valence-corrected chi connectivity index (χ4v) is 3.37. The molecular weight excluding hydrogens is 413 g/mol. The van der Waals surface area contributed by atoms with Gasteiger partial charge in [-0.2, -0.15) is 13.2 Å². The topological polar surface area (TPSA) is 37.3 Å². The molecule has 0 fully saturated rings. The zero-order chi connectivity index (χ0) is 24.1. The van der Waals surface area contributed by atoms with Crippen LogP contribution >= 0.6 is 0 Å². The summed E-state index contributed by atoms with van der Waals surface area (Å²) in [6.45, 7) is 11.5. The Balaban J connectivity index is 2.65. The van der Waals surface area contributed by atoms with E-state index in [-0.39, 0.29) is 5.92 Å². The van der Waals surface area contributed by atoms with Gasteiger partial charge in [-0.15, -0.1) is 0 Å². The van der Waals surface area contributed by atoms with Crippen molar-refractivity contribution in [3.05, 3.63) is 89.5 Å². The molecule has 2 nitrogen and oxygen atoms in total. The molecule has 170 valence electrons. The second kappa shape index (κ2) is 10.5. The molecule has 2 rings (SSSR count). The first-order chi connectivity index (χ1) is 14.9. The van der Waals surface area contributed by atoms with Crippen LogP contribution in [0, 0.1) is 5.92 Å². The van der Waals surface area contributed by atoms with E-state index >= 15 is 0 Å². The highest BCUT2D eigenvalue weighted by Crippen LogP contribution is 2.34. The summed E-state index contributed by atoms with van der Waals surface area (Å²) in [5, 5.41) is 9.84. The Morgan fingerprint density at radius 2 is 1.66 bits per heavy atom. The first-order valence-electron chi connectivity index (χ1n) is 10.5. The van der Waals surface area contributed by atoms with E-state index in [9.17, 15) is 23.1 Å². The van der Waals surface area contributed by atoms with Crippen molar-refractivity contribution in [1.82, 2.24) is 0 Å². The lowest BCUT2D eigenvalue weighted by Gasteiger charge is -2.18. The molecule has 0 spiro atoms. The maximum Gasteiger partial charge on any atom is 0.416 e. The number of aliphatic carboxylic acids is 1. The van der Waals surface area contributed by atoms with Gasteiger partial charge in [0.05, 0.1) is 11.5 Å². The second-order valence-corrected chi connectivity index (χ2v) is 8.40. The first kappa shape index (κ1) is 25.2. The molecule has 1 unspecified atom stereocenters. The van der Waals surface area contributed by atoms with E-state index in [1.807, 2.05) is 52.0 Å². The van der Waals surface area contributed by atoms with Gasteiger partial charge < -0.3 is 5.11 Å². The number of carboxylic acids is 1. The SMILES string of the molecule is C=C/C(C)=C\C=C(/C)c1cc(-c2ccc(C(F)(F)F)cc2)cc(C(CC(C)C)C(=O)O)c1. The Morgan fingerprint density at radius 1 is 1.03 bits per heavy atom. The average molecular weight is 443 g/mol. The fourth-order valence-electron chi connectivity index (χ4n) is 3.37. The lowest BCUT2D eigenvalue weighted by Crippen LogP contribution is -2.14. The molecule has 0 aliphatic carbocycles. The first-order valence-corrected chi connectivity index (χ1v) is 10.5. The van der Waals surface area contributed by atoms with Crippen LogP contribution in [0.3, 0.4) is 0 Å². The summed E-state index contributed by atoms with van der Waals surface area (Å²) in [6.07, 6.45) is 1.62. The molecule has 32 heavy (non-hydrogen) atoms. The normalized spacial score (nSPS) is 13.9. The molecule has 1 N–H and O–H groups in total. The lowest BCUT2D eigenvalue weighted by atomic mass is 9.86. The Kier molecular flexibility index (Phi) is 8.25. The number of rotatable bonds is 8. The van der Waals surface area contributed by atoms with Gasteiger partial charge in [-0.25, -0.2) is 0 Å². The van der Waals surface area contributed by atoms with Gasteiger partial charge >= 0.3 is 12.1 Å². The Labute approximate surface area is 187 Å². The van der Waals surface area contributed by atoms with E-state index in [1.54, 1.807) is 12.1 Å². The lowest BCUT2D eigenvalue weighted by molar-refractivity contribution is -0.139. The highest BCUT2D eigenvalue weighted by Gasteiger charge is 2.30. The van der Waals surface area contributed by atoms with Crippen LogP contribution in [0.15, 0.2) is 72.8 Å². The summed E-state index contributed by atoms with van der Waals surface area (Å²) >= 11 is 0. The van der Waals surface area contributed by atoms with Crippen LogP contribution in [0.25, 0.3) is 16.7 Å². The third-order valence-electron chi connectivity index (χ3n) is 5.28. The van der Waals surface area contributed by atoms with Gasteiger partial charge in [-0.3, -0.25) is 4.79 Å². The summed E-state index contributed by atoms with van der Waals surface area (Å²) in [5.41, 5.74) is 3.90. The molecule has 0 amide bonds. The maximum atomic E-state index is 13.0. The summed E-state index contributed by atoms with van der Waals surface area (Å²) in [5.74, 6) is -1.45. The van der Waals surface area contributed by atoms with E-state index in [0.29, 0.717) is 23.1 Å². The summed E-state index contributed by atoms with van der Waals surface area (Å²) in [7, 11) is 0. The summed E-state index contributed by atoms with van der Waals surface area (Å²) in [6, 6.07) is 10.4. The van der Waals surface area contributed by atoms with Crippen molar-refractivity contribution in [1.29, 1.82) is 0 Å². The molecule has 2 aromatic rings. The fraction of sp³-hybridized carbons (Fsp3) is 0.296. The number of allylic oxidation sites excluding steroid dienone is 5. The van der Waals surface area contributed by atoms with Crippen molar-refractivity contribution in [3.8, 4) is 11.1 Å². The van der Waals surface area contributed by atoms with Crippen LogP contribution < -0.4 is 0 Å². The number of carboxylic acid groups (broad SMARTS) is 1. The molecule has 0 aliphatic rings. The predicted octanol–water partition coefficient (Wildman–Crippen LogP) is 8.12. The monoisotopic (exact) mass is 442 g/mol. The van der Waals surface area contributed by atoms with Gasteiger partial charge in [-0.1, -0.05) is 68.5 Å². The highest BCUT2D eigenvalue weighted by atomic mass is 19.4. The number of benzene rings is 2. The van der Waals surface area contributed by atoms with Crippen LogP contribution in [0.2, 0.25) is 0 Å². The molecule has 5 heteroatoms. The van der Waals surface area contributed by atoms with Crippen LogP contribution in [-0.4, -0.2) is 11.1 Å². The van der Waals surface area contributed by atoms with Crippen molar-refractivity contribution in [2.75, 3.05) is 0 Å². The summed E-state index contributed by atoms with van der Waals surface area (Å²) in [4.78, 5) is 12.0. The molecular formula is C27H29F3O2. The average Bonchev–Trinajstić information content (AvgIpc) is 2.74. The second-order valence-electron chi connectivity index (χ2n) is 8.40. The maximum absolute atomic E-state index is 13.0.